The number of nitrogens with one attached hydrogen (secondary N) is 6. The highest BCUT2D eigenvalue weighted by Gasteiger charge is 2.54. The van der Waals surface area contributed by atoms with Crippen LogP contribution in [0.3, 0.4) is 0 Å². The smallest absolute Gasteiger partial charge is 0.340 e. The van der Waals surface area contributed by atoms with E-state index in [-0.39, 0.29) is 192 Å². The molecule has 0 saturated carbocycles. The van der Waals surface area contributed by atoms with Gasteiger partial charge >= 0.3 is 11.9 Å². The molecule has 604 valence electrons. The van der Waals surface area contributed by atoms with E-state index in [1.807, 2.05) is 0 Å². The van der Waals surface area contributed by atoms with Crippen molar-refractivity contribution < 1.29 is 111 Å². The first-order valence-corrected chi connectivity index (χ1v) is 40.3. The molecular weight excluding hydrogens is 1520 g/mol. The molecule has 0 unspecified atom stereocenters. The van der Waals surface area contributed by atoms with Crippen LogP contribution in [0.5, 0.6) is 23.0 Å². The minimum absolute atomic E-state index is 0.00388. The number of esters is 1. The number of unbranched alkanes of at least 4 members (excludes halogenated alkanes) is 1. The lowest BCUT2D eigenvalue weighted by atomic mass is 9.77. The van der Waals surface area contributed by atoms with Crippen LogP contribution in [0.15, 0.2) is 89.9 Å². The molecule has 4 heterocycles. The molecule has 0 aliphatic carbocycles. The van der Waals surface area contributed by atoms with Crippen LogP contribution in [0.25, 0.3) is 0 Å². The molecule has 4 aliphatic rings. The van der Waals surface area contributed by atoms with Crippen LogP contribution >= 0.6 is 33.3 Å². The minimum Gasteiger partial charge on any atom is -0.508 e. The van der Waals surface area contributed by atoms with Crippen LogP contribution in [0.1, 0.15) is 133 Å². The van der Waals surface area contributed by atoms with Crippen molar-refractivity contribution in [3.05, 3.63) is 118 Å². The second kappa shape index (κ2) is 44.3. The van der Waals surface area contributed by atoms with Gasteiger partial charge in [-0.15, -0.1) is 11.8 Å². The number of primary amides is 1. The Hall–Kier alpha value is -9.98. The number of fused-ring (bicyclic) bond motifs is 11. The van der Waals surface area contributed by atoms with Gasteiger partial charge in [0, 0.05) is 128 Å². The highest BCUT2D eigenvalue weighted by molar-refractivity contribution is 8.76. The third-order valence-electron chi connectivity index (χ3n) is 18.5. The van der Waals surface area contributed by atoms with Crippen LogP contribution in [0.4, 0.5) is 0 Å². The number of nitrogens with two attached hydrogens (primary N) is 3. The number of carboxylic acid groups (broad SMARTS) is 1. The first-order chi connectivity index (χ1) is 53.8. The molecule has 2 saturated heterocycles. The van der Waals surface area contributed by atoms with Crippen LogP contribution in [0, 0.1) is 11.8 Å². The van der Waals surface area contributed by atoms with E-state index in [1.165, 1.54) is 54.6 Å². The number of phenols is 2. The van der Waals surface area contributed by atoms with E-state index in [9.17, 15) is 77.6 Å². The van der Waals surface area contributed by atoms with E-state index < -0.39 is 162 Å². The summed E-state index contributed by atoms with van der Waals surface area (Å²) in [5.74, 6) is -14.1. The molecule has 0 radical (unpaired) electrons. The van der Waals surface area contributed by atoms with Gasteiger partial charge in [-0.2, -0.15) is 0 Å². The number of carbonyl (C=O) groups is 14. The maximum atomic E-state index is 15.0. The van der Waals surface area contributed by atoms with E-state index in [0.717, 1.165) is 33.3 Å². The zero-order chi connectivity index (χ0) is 80.7. The lowest BCUT2D eigenvalue weighted by Gasteiger charge is -2.36. The fourth-order valence-electron chi connectivity index (χ4n) is 12.8. The third-order valence-corrected chi connectivity index (χ3v) is 21.9. The molecule has 4 aromatic carbocycles. The van der Waals surface area contributed by atoms with Gasteiger partial charge in [0.25, 0.3) is 5.91 Å². The lowest BCUT2D eigenvalue weighted by Crippen LogP contribution is -2.53. The van der Waals surface area contributed by atoms with Crippen molar-refractivity contribution in [3.8, 4) is 23.0 Å². The van der Waals surface area contributed by atoms with Crippen molar-refractivity contribution in [2.75, 3.05) is 89.0 Å². The SMILES string of the molecule is NC(=O)COCC(=O)CCCOCCOCCOCCCC(=O)[C@@H]1CSCC(=O)N[C@@H](CCCCNC(=O)c2ccc3c(c2)C2(OC3=O)c3ccc(O)cc3Oc3cc(O)ccc32)C(=O)N[C@H]2CSSC[C@H](NC(=O)[C@H](Cc3ccccc3)CC(=O)[C@H](CC(=O)O)NC(=O)CCC2=O)C(=O)C[C@@H](CCCN=C(N)N)C(=O)N1. The fourth-order valence-corrected chi connectivity index (χ4v) is 16.1. The molecule has 2 fully saturated rings. The van der Waals surface area contributed by atoms with Crippen molar-refractivity contribution in [2.24, 2.45) is 34.0 Å². The topological polar surface area (TPSA) is 518 Å². The Bertz CT molecular complexity index is 4040. The fraction of sp³-hybridized carbons (Fsp3) is 0.487. The summed E-state index contributed by atoms with van der Waals surface area (Å²) in [6.45, 7) is 0.580. The number of ketones is 5. The summed E-state index contributed by atoms with van der Waals surface area (Å²) in [5.41, 5.74) is 16.4. The number of aromatic hydroxyl groups is 2. The van der Waals surface area contributed by atoms with E-state index in [4.69, 9.17) is 45.6 Å². The number of rotatable bonds is 33. The van der Waals surface area contributed by atoms with Gasteiger partial charge in [-0.1, -0.05) is 51.9 Å². The Kier molecular flexibility index (Phi) is 34.7. The van der Waals surface area contributed by atoms with E-state index >= 15 is 4.79 Å². The van der Waals surface area contributed by atoms with Gasteiger partial charge < -0.3 is 92.8 Å². The number of thioether (sulfide) groups is 1. The van der Waals surface area contributed by atoms with Gasteiger partial charge in [0.1, 0.15) is 42.3 Å². The Balaban J connectivity index is 1.01. The summed E-state index contributed by atoms with van der Waals surface area (Å²) in [7, 11) is 2.03. The van der Waals surface area contributed by atoms with Crippen molar-refractivity contribution in [2.45, 2.75) is 132 Å². The average molecular weight is 1610 g/mol. The number of aliphatic carboxylic acids is 1. The number of guanidine groups is 1. The lowest BCUT2D eigenvalue weighted by molar-refractivity contribution is -0.141. The first-order valence-electron chi connectivity index (χ1n) is 36.6. The number of aliphatic imine (C=N–C) groups is 1. The number of Topliss-reactive ketones (excluding diaryl/α,β-unsaturated/α-hetero) is 5. The molecule has 2 bridgehead atoms. The highest BCUT2D eigenvalue weighted by Crippen LogP contribution is 2.57. The van der Waals surface area contributed by atoms with Gasteiger partial charge in [-0.3, -0.25) is 67.3 Å². The van der Waals surface area contributed by atoms with Gasteiger partial charge in [0.15, 0.2) is 40.5 Å². The number of carbonyl (C=O) groups excluding carboxylic acids is 13. The average Bonchev–Trinajstić information content (AvgIpc) is 1.50. The largest absolute Gasteiger partial charge is 0.508 e. The molecule has 7 atom stereocenters. The summed E-state index contributed by atoms with van der Waals surface area (Å²) < 4.78 is 34.0. The van der Waals surface area contributed by atoms with Crippen LogP contribution < -0.4 is 53.8 Å². The summed E-state index contributed by atoms with van der Waals surface area (Å²) in [5, 5.41) is 47.2. The molecule has 112 heavy (non-hydrogen) atoms. The zero-order valence-electron chi connectivity index (χ0n) is 61.5. The molecular formula is C76H94N10O23S3. The normalized spacial score (nSPS) is 20.6. The van der Waals surface area contributed by atoms with Gasteiger partial charge in [0.2, 0.25) is 35.4 Å². The third kappa shape index (κ3) is 26.9. The molecule has 33 nitrogen and oxygen atoms in total. The highest BCUT2D eigenvalue weighted by atomic mass is 33.1. The number of phenolic OH excluding ortho intramolecular Hbond substituents is 2. The number of ether oxygens (including phenoxy) is 6. The molecule has 4 aromatic rings. The zero-order valence-corrected chi connectivity index (χ0v) is 64.0. The van der Waals surface area contributed by atoms with Gasteiger partial charge in [0.05, 0.1) is 68.3 Å². The van der Waals surface area contributed by atoms with Crippen molar-refractivity contribution in [3.63, 3.8) is 0 Å². The van der Waals surface area contributed by atoms with E-state index in [2.05, 4.69) is 36.9 Å². The van der Waals surface area contributed by atoms with Crippen LogP contribution in [-0.2, 0) is 93.2 Å². The summed E-state index contributed by atoms with van der Waals surface area (Å²) in [4.78, 5) is 197. The Morgan fingerprint density at radius 3 is 1.88 bits per heavy atom. The minimum atomic E-state index is -1.68. The molecule has 0 aromatic heterocycles. The summed E-state index contributed by atoms with van der Waals surface area (Å²) in [6, 6.07) is 14.2. The first kappa shape index (κ1) is 87.6. The summed E-state index contributed by atoms with van der Waals surface area (Å²) >= 11 is 0.938. The van der Waals surface area contributed by atoms with Crippen LogP contribution in [0.2, 0.25) is 0 Å². The number of hydrogen-bond acceptors (Lipinski definition) is 26. The predicted molar refractivity (Wildman–Crippen MR) is 410 cm³/mol. The van der Waals surface area contributed by atoms with Crippen molar-refractivity contribution in [1.82, 2.24) is 31.9 Å². The van der Waals surface area contributed by atoms with E-state index in [1.54, 1.807) is 30.3 Å². The quantitative estimate of drug-likeness (QED) is 0.0107. The monoisotopic (exact) mass is 1610 g/mol. The molecule has 1 spiro atoms. The van der Waals surface area contributed by atoms with Crippen LogP contribution in [-0.4, -0.2) is 223 Å². The standard InChI is InChI=1S/C76H94N10O23S3/c77-66(94)39-107-38-50(89)12-7-25-104-27-29-106-30-28-105-26-8-14-60(90)57-40-110-43-68(96)82-55(13-4-5-23-80-70(99)46-15-18-51-54(32-46)76(109-74(51)103)52-19-16-48(87)35-64(52)108-65-36-49(88)17-20-53(65)76)73(102)86-58-41-111-112-42-59(63(93)33-45(71(100)84-57)11-6-24-81-75(78)79)85-72(101)47(31-44-9-2-1-3-10-44)34-62(92)56(37-69(97)98)83-67(95)22-21-61(58)91/h1-3,9-10,15-20,32,35-36,45,47,55-59,87-88H,4-8,11-14,21-31,33-34,37-43H2,(H2,77,94)(H,80,99)(H,82,96)(H,83,95)(H,84,100)(H,85,101)(H,86,102)(H,97,98)(H4,78,79,81)/t45-,47-,55+,56+,57+,58+,59+/m1/s1. The second-order valence-electron chi connectivity index (χ2n) is 27.0. The number of carboxylic acids is 1. The number of nitrogens with zero attached hydrogens (tertiary/aromatic N) is 1. The van der Waals surface area contributed by atoms with Gasteiger partial charge in [-0.05, 0) is 99.4 Å². The molecule has 15 N–H and O–H groups in total. The maximum absolute atomic E-state index is 15.0. The maximum Gasteiger partial charge on any atom is 0.340 e. The van der Waals surface area contributed by atoms with Crippen molar-refractivity contribution >= 4 is 122 Å². The van der Waals surface area contributed by atoms with Crippen molar-refractivity contribution in [1.29, 1.82) is 0 Å². The predicted octanol–water partition coefficient (Wildman–Crippen LogP) is 2.65. The van der Waals surface area contributed by atoms with E-state index in [0.29, 0.717) is 23.1 Å². The molecule has 4 aliphatic heterocycles. The molecule has 36 heteroatoms. The second-order valence-corrected chi connectivity index (χ2v) is 30.6. The van der Waals surface area contributed by atoms with Gasteiger partial charge in [-0.25, -0.2) is 4.79 Å². The number of hydrogen-bond donors (Lipinski definition) is 12. The summed E-state index contributed by atoms with van der Waals surface area (Å²) in [6.07, 6.45) is -2.22. The Morgan fingerprint density at radius 2 is 1.21 bits per heavy atom. The Labute approximate surface area is 657 Å². The molecule has 8 rings (SSSR count). The number of benzene rings is 4. The number of amides is 7. The Morgan fingerprint density at radius 1 is 0.589 bits per heavy atom. The molecule has 7 amide bonds.